The van der Waals surface area contributed by atoms with Gasteiger partial charge in [0, 0.05) is 5.57 Å². The van der Waals surface area contributed by atoms with Gasteiger partial charge in [0.25, 0.3) is 0 Å². The lowest BCUT2D eigenvalue weighted by Crippen LogP contribution is -2.06. The molecule has 0 amide bonds. The first-order chi connectivity index (χ1) is 5.11. The van der Waals surface area contributed by atoms with Gasteiger partial charge in [0.05, 0.1) is 25.4 Å². The van der Waals surface area contributed by atoms with Crippen LogP contribution in [0, 0.1) is 0 Å². The van der Waals surface area contributed by atoms with Gasteiger partial charge >= 0.3 is 11.9 Å². The van der Waals surface area contributed by atoms with E-state index in [4.69, 9.17) is 0 Å². The Kier molecular flexibility index (Phi) is 5.01. The smallest absolute Gasteiger partial charge is 0.336 e. The van der Waals surface area contributed by atoms with E-state index in [0.29, 0.717) is 0 Å². The number of hydrogen-bond donors (Lipinski definition) is 0. The van der Waals surface area contributed by atoms with Crippen LogP contribution in [-0.4, -0.2) is 11.9 Å². The fourth-order valence-electron chi connectivity index (χ4n) is 0.371. The quantitative estimate of drug-likeness (QED) is 0.487. The second-order valence-electron chi connectivity index (χ2n) is 1.68. The zero-order valence-electron chi connectivity index (χ0n) is 5.70. The van der Waals surface area contributed by atoms with Crippen molar-refractivity contribution in [1.82, 2.24) is 0 Å². The summed E-state index contributed by atoms with van der Waals surface area (Å²) in [6, 6.07) is 0. The van der Waals surface area contributed by atoms with Crippen molar-refractivity contribution in [3.05, 3.63) is 12.2 Å². The Labute approximate surface area is 68.9 Å². The Bertz CT molecular complexity index is 189. The van der Waals surface area contributed by atoms with Crippen LogP contribution in [0.4, 0.5) is 0 Å². The number of rotatable bonds is 3. The first-order valence-electron chi connectivity index (χ1n) is 2.60. The van der Waals surface area contributed by atoms with Crippen LogP contribution in [0.3, 0.4) is 0 Å². The second kappa shape index (κ2) is 5.22. The minimum Gasteiger partial charge on any atom is -0.451 e. The predicted molar refractivity (Wildman–Crippen MR) is 45.4 cm³/mol. The van der Waals surface area contributed by atoms with Gasteiger partial charge in [-0.15, -0.1) is 0 Å². The van der Waals surface area contributed by atoms with E-state index in [1.165, 1.54) is 0 Å². The molecule has 0 aromatic carbocycles. The van der Waals surface area contributed by atoms with Gasteiger partial charge in [-0.3, -0.25) is 4.79 Å². The van der Waals surface area contributed by atoms with Gasteiger partial charge in [0.15, 0.2) is 0 Å². The van der Waals surface area contributed by atoms with E-state index < -0.39 is 11.9 Å². The normalized spacial score (nSPS) is 8.55. The third kappa shape index (κ3) is 4.07. The van der Waals surface area contributed by atoms with Crippen molar-refractivity contribution < 1.29 is 18.6 Å². The Morgan fingerprint density at radius 3 is 2.18 bits per heavy atom. The molecule has 6 heteroatoms. The third-order valence-electron chi connectivity index (χ3n) is 0.885. The molecular weight excluding hydrogens is 186 g/mol. The summed E-state index contributed by atoms with van der Waals surface area (Å²) in [6.07, 6.45) is -0.156. The van der Waals surface area contributed by atoms with Crippen LogP contribution >= 0.6 is 18.9 Å². The van der Waals surface area contributed by atoms with E-state index in [2.05, 4.69) is 15.6 Å². The molecule has 0 aliphatic heterocycles. The van der Waals surface area contributed by atoms with Crippen LogP contribution in [0.15, 0.2) is 12.2 Å². The van der Waals surface area contributed by atoms with Crippen LogP contribution in [0.25, 0.3) is 0 Å². The van der Waals surface area contributed by atoms with Gasteiger partial charge in [-0.1, -0.05) is 6.58 Å². The number of hydrogen-bond acceptors (Lipinski definition) is 4. The molecule has 0 radical (unpaired) electrons. The van der Waals surface area contributed by atoms with Gasteiger partial charge in [-0.2, -0.15) is 0 Å². The Morgan fingerprint density at radius 1 is 1.27 bits per heavy atom. The lowest BCUT2D eigenvalue weighted by molar-refractivity contribution is -0.135. The van der Waals surface area contributed by atoms with Crippen molar-refractivity contribution in [3.63, 3.8) is 0 Å². The van der Waals surface area contributed by atoms with E-state index in [9.17, 15) is 9.59 Å². The first kappa shape index (κ1) is 10.5. The molecule has 4 nitrogen and oxygen atoms in total. The molecule has 62 valence electrons. The molecule has 0 aromatic heterocycles. The molecule has 0 aromatic rings. The van der Waals surface area contributed by atoms with Gasteiger partial charge in [-0.05, 0) is 0 Å². The highest BCUT2D eigenvalue weighted by Gasteiger charge is 2.11. The molecule has 0 heterocycles. The van der Waals surface area contributed by atoms with Crippen LogP contribution in [0.2, 0.25) is 0 Å². The zero-order chi connectivity index (χ0) is 8.85. The highest BCUT2D eigenvalue weighted by Crippen LogP contribution is 2.06. The Balaban J connectivity index is 3.88. The zero-order valence-corrected chi connectivity index (χ0v) is 8.01. The molecule has 0 saturated carbocycles. The highest BCUT2D eigenvalue weighted by molar-refractivity contribution is 7.11. The summed E-state index contributed by atoms with van der Waals surface area (Å²) in [5.74, 6) is -1.18. The monoisotopic (exact) mass is 194 g/mol. The topological polar surface area (TPSA) is 52.6 Å². The van der Waals surface area contributed by atoms with Crippen LogP contribution < -0.4 is 0 Å². The largest absolute Gasteiger partial charge is 0.451 e. The van der Waals surface area contributed by atoms with Crippen LogP contribution in [0.1, 0.15) is 6.42 Å². The lowest BCUT2D eigenvalue weighted by Gasteiger charge is -2.00. The Morgan fingerprint density at radius 2 is 1.82 bits per heavy atom. The van der Waals surface area contributed by atoms with Crippen molar-refractivity contribution in [2.75, 3.05) is 0 Å². The molecule has 2 atom stereocenters. The standard InChI is InChI=1S/C5H8O4P2/c1-3(5(7)9-11)2-4(6)8-10/h1-2,10-11H2. The van der Waals surface area contributed by atoms with E-state index in [-0.39, 0.29) is 12.0 Å². The van der Waals surface area contributed by atoms with Gasteiger partial charge in [0.1, 0.15) is 0 Å². The SMILES string of the molecule is C=C(CC(=O)OP)C(=O)OP. The maximum absolute atomic E-state index is 10.6. The summed E-state index contributed by atoms with van der Waals surface area (Å²) < 4.78 is 8.44. The van der Waals surface area contributed by atoms with E-state index >= 15 is 0 Å². The van der Waals surface area contributed by atoms with Gasteiger partial charge in [-0.25, -0.2) is 4.79 Å². The summed E-state index contributed by atoms with van der Waals surface area (Å²) >= 11 is 0. The maximum atomic E-state index is 10.6. The highest BCUT2D eigenvalue weighted by atomic mass is 31.0. The molecule has 2 unspecified atom stereocenters. The molecular formula is C5H8O4P2. The van der Waals surface area contributed by atoms with Crippen molar-refractivity contribution in [3.8, 4) is 0 Å². The number of carbonyl (C=O) groups excluding carboxylic acids is 2. The average molecular weight is 194 g/mol. The van der Waals surface area contributed by atoms with E-state index in [0.717, 1.165) is 0 Å². The summed E-state index contributed by atoms with van der Waals surface area (Å²) in [5.41, 5.74) is 0.0625. The minimum atomic E-state index is -0.634. The molecule has 0 rings (SSSR count). The third-order valence-corrected chi connectivity index (χ3v) is 1.36. The summed E-state index contributed by atoms with van der Waals surface area (Å²) in [5, 5.41) is 0. The van der Waals surface area contributed by atoms with Gasteiger partial charge in [0.2, 0.25) is 0 Å². The molecule has 0 spiro atoms. The maximum Gasteiger partial charge on any atom is 0.336 e. The van der Waals surface area contributed by atoms with Crippen molar-refractivity contribution in [2.24, 2.45) is 0 Å². The summed E-state index contributed by atoms with van der Waals surface area (Å²) in [6.45, 7) is 3.32. The Hall–Kier alpha value is -0.460. The van der Waals surface area contributed by atoms with Crippen molar-refractivity contribution >= 4 is 30.9 Å². The lowest BCUT2D eigenvalue weighted by atomic mass is 10.2. The van der Waals surface area contributed by atoms with E-state index in [1.807, 2.05) is 0 Å². The summed E-state index contributed by atoms with van der Waals surface area (Å²) in [7, 11) is 3.56. The minimum absolute atomic E-state index is 0.0625. The molecule has 0 fully saturated rings. The van der Waals surface area contributed by atoms with Crippen LogP contribution in [0.5, 0.6) is 0 Å². The van der Waals surface area contributed by atoms with Crippen LogP contribution in [-0.2, 0) is 18.6 Å². The van der Waals surface area contributed by atoms with Crippen molar-refractivity contribution in [2.45, 2.75) is 6.42 Å². The number of carbonyl (C=O) groups is 2. The average Bonchev–Trinajstić information content (AvgIpc) is 2.02. The molecule has 0 saturated heterocycles. The molecule has 0 aliphatic carbocycles. The fourth-order valence-corrected chi connectivity index (χ4v) is 0.621. The predicted octanol–water partition coefficient (Wildman–Crippen LogP) is 0.599. The molecule has 11 heavy (non-hydrogen) atoms. The fraction of sp³-hybridized carbons (Fsp3) is 0.200. The van der Waals surface area contributed by atoms with Crippen molar-refractivity contribution in [1.29, 1.82) is 0 Å². The van der Waals surface area contributed by atoms with E-state index in [1.54, 1.807) is 18.9 Å². The molecule has 0 aliphatic rings. The second-order valence-corrected chi connectivity index (χ2v) is 2.15. The molecule has 0 N–H and O–H groups in total. The van der Waals surface area contributed by atoms with Gasteiger partial charge < -0.3 is 9.05 Å². The molecule has 0 bridgehead atoms. The first-order valence-corrected chi connectivity index (χ1v) is 3.54. The summed E-state index contributed by atoms with van der Waals surface area (Å²) in [4.78, 5) is 21.1.